The average Bonchev–Trinajstić information content (AvgIpc) is 3.44. The van der Waals surface area contributed by atoms with Crippen LogP contribution in [0.15, 0.2) is 146 Å². The van der Waals surface area contributed by atoms with E-state index in [1.54, 1.807) is 0 Å². The van der Waals surface area contributed by atoms with Gasteiger partial charge < -0.3 is 14.2 Å². The molecule has 0 rings (SSSR count). The van der Waals surface area contributed by atoms with Crippen LogP contribution in [-0.2, 0) is 28.6 Å². The lowest BCUT2D eigenvalue weighted by Gasteiger charge is -2.18. The number of unbranched alkanes of at least 4 members (excludes halogenated alkanes) is 21. The minimum atomic E-state index is -0.828. The molecular formula is C72H116O6. The topological polar surface area (TPSA) is 78.9 Å². The molecule has 6 heteroatoms. The predicted octanol–water partition coefficient (Wildman–Crippen LogP) is 21.9. The predicted molar refractivity (Wildman–Crippen MR) is 339 cm³/mol. The highest BCUT2D eigenvalue weighted by molar-refractivity contribution is 5.71. The van der Waals surface area contributed by atoms with Crippen molar-refractivity contribution in [2.45, 2.75) is 277 Å². The van der Waals surface area contributed by atoms with E-state index in [0.717, 1.165) is 122 Å². The zero-order valence-corrected chi connectivity index (χ0v) is 50.4. The second-order valence-electron chi connectivity index (χ2n) is 20.5. The molecule has 1 atom stereocenters. The summed E-state index contributed by atoms with van der Waals surface area (Å²) in [6, 6.07) is 0. The summed E-state index contributed by atoms with van der Waals surface area (Å²) in [7, 11) is 0. The van der Waals surface area contributed by atoms with Crippen molar-refractivity contribution in [3.8, 4) is 0 Å². The molecule has 0 aliphatic heterocycles. The Morgan fingerprint density at radius 2 is 0.526 bits per heavy atom. The second-order valence-corrected chi connectivity index (χ2v) is 20.5. The van der Waals surface area contributed by atoms with E-state index in [-0.39, 0.29) is 31.6 Å². The molecule has 0 saturated carbocycles. The fourth-order valence-corrected chi connectivity index (χ4v) is 8.37. The fraction of sp³-hybridized carbons (Fsp3) is 0.625. The van der Waals surface area contributed by atoms with Gasteiger partial charge in [0.25, 0.3) is 0 Å². The monoisotopic (exact) mass is 1080 g/mol. The van der Waals surface area contributed by atoms with Gasteiger partial charge in [-0.15, -0.1) is 0 Å². The third-order valence-corrected chi connectivity index (χ3v) is 13.1. The van der Waals surface area contributed by atoms with Crippen molar-refractivity contribution in [2.24, 2.45) is 0 Å². The minimum absolute atomic E-state index is 0.115. The van der Waals surface area contributed by atoms with Crippen LogP contribution < -0.4 is 0 Å². The minimum Gasteiger partial charge on any atom is -0.462 e. The van der Waals surface area contributed by atoms with E-state index in [4.69, 9.17) is 14.2 Å². The number of ether oxygens (including phenoxy) is 3. The molecule has 0 N–H and O–H groups in total. The Morgan fingerprint density at radius 1 is 0.269 bits per heavy atom. The second kappa shape index (κ2) is 64.8. The van der Waals surface area contributed by atoms with E-state index in [1.165, 1.54) is 103 Å². The standard InChI is InChI=1S/C72H116O6/c1-4-7-10-13-16-19-22-25-27-29-31-32-33-34-35-36-37-38-39-40-42-43-45-47-50-53-56-59-62-65-71(74)77-68-69(67-76-70(73)64-61-58-55-52-49-24-21-18-15-12-9-6-3)78-72(75)66-63-60-57-54-51-48-46-44-41-30-28-26-23-20-17-14-11-8-5-2/h7-8,10-11,16-21,25-28,31-32,34-35,41,44,48,51,57,60,69H,4-6,9,12-15,22-24,29-30,33,36-40,42-43,45-47,49-50,52-56,58-59,61-68H2,1-3H3/b10-7-,11-8-,19-16-,20-17-,21-18-,27-25-,28-26-,32-31-,35-34-,44-41-,51-48-,60-57-. The number of rotatable bonds is 56. The Bertz CT molecular complexity index is 1710. The Hall–Kier alpha value is -4.71. The lowest BCUT2D eigenvalue weighted by atomic mass is 10.0. The van der Waals surface area contributed by atoms with Crippen LogP contribution >= 0.6 is 0 Å². The summed E-state index contributed by atoms with van der Waals surface area (Å²) < 4.78 is 16.8. The molecule has 6 nitrogen and oxygen atoms in total. The van der Waals surface area contributed by atoms with Gasteiger partial charge in [-0.05, 0) is 128 Å². The number of carbonyl (C=O) groups is 3. The Labute approximate surface area is 480 Å². The van der Waals surface area contributed by atoms with Crippen LogP contribution in [0.2, 0.25) is 0 Å². The molecule has 440 valence electrons. The molecule has 0 aliphatic rings. The molecule has 0 radical (unpaired) electrons. The van der Waals surface area contributed by atoms with E-state index < -0.39 is 12.1 Å². The molecule has 0 fully saturated rings. The summed E-state index contributed by atoms with van der Waals surface area (Å²) >= 11 is 0. The van der Waals surface area contributed by atoms with Crippen LogP contribution in [0, 0.1) is 0 Å². The van der Waals surface area contributed by atoms with Gasteiger partial charge in [0.2, 0.25) is 0 Å². The first-order valence-corrected chi connectivity index (χ1v) is 31.8. The van der Waals surface area contributed by atoms with Crippen LogP contribution in [0.3, 0.4) is 0 Å². The number of hydrogen-bond donors (Lipinski definition) is 0. The molecule has 0 saturated heterocycles. The SMILES string of the molecule is CC/C=C\C/C=C\C/C=C\C/C=C\C/C=C\C/C=C\CCC(=O)OC(COC(=O)CCCCCCC/C=C\CCCCC)COC(=O)CCCCCCCCCCCCCCC/C=C\C/C=C\C/C=C\C/C=C\C/C=C\CC. The van der Waals surface area contributed by atoms with Crippen molar-refractivity contribution in [1.29, 1.82) is 0 Å². The molecular weight excluding hydrogens is 961 g/mol. The Kier molecular flexibility index (Phi) is 60.9. The molecule has 0 aliphatic carbocycles. The van der Waals surface area contributed by atoms with Gasteiger partial charge in [0.15, 0.2) is 6.10 Å². The number of hydrogen-bond acceptors (Lipinski definition) is 6. The Morgan fingerprint density at radius 3 is 0.846 bits per heavy atom. The quantitative estimate of drug-likeness (QED) is 0.0261. The van der Waals surface area contributed by atoms with Crippen molar-refractivity contribution in [3.05, 3.63) is 146 Å². The van der Waals surface area contributed by atoms with Crippen molar-refractivity contribution in [3.63, 3.8) is 0 Å². The van der Waals surface area contributed by atoms with Gasteiger partial charge in [-0.25, -0.2) is 0 Å². The highest BCUT2D eigenvalue weighted by atomic mass is 16.6. The van der Waals surface area contributed by atoms with Crippen molar-refractivity contribution in [2.75, 3.05) is 13.2 Å². The summed E-state index contributed by atoms with van der Waals surface area (Å²) in [5.41, 5.74) is 0. The first-order chi connectivity index (χ1) is 38.5. The van der Waals surface area contributed by atoms with Gasteiger partial charge >= 0.3 is 17.9 Å². The van der Waals surface area contributed by atoms with Gasteiger partial charge in [-0.1, -0.05) is 269 Å². The zero-order chi connectivity index (χ0) is 56.4. The largest absolute Gasteiger partial charge is 0.462 e. The maximum absolute atomic E-state index is 12.9. The average molecular weight is 1080 g/mol. The third-order valence-electron chi connectivity index (χ3n) is 13.1. The lowest BCUT2D eigenvalue weighted by molar-refractivity contribution is -0.166. The third kappa shape index (κ3) is 62.1. The van der Waals surface area contributed by atoms with E-state index >= 15 is 0 Å². The summed E-state index contributed by atoms with van der Waals surface area (Å²) in [5.74, 6) is -1.01. The molecule has 0 bridgehead atoms. The normalized spacial score (nSPS) is 13.1. The Balaban J connectivity index is 4.36. The zero-order valence-electron chi connectivity index (χ0n) is 50.4. The maximum atomic E-state index is 12.9. The van der Waals surface area contributed by atoms with Gasteiger partial charge in [0.1, 0.15) is 13.2 Å². The van der Waals surface area contributed by atoms with Crippen LogP contribution in [0.5, 0.6) is 0 Å². The first-order valence-electron chi connectivity index (χ1n) is 31.8. The molecule has 0 aromatic heterocycles. The highest BCUT2D eigenvalue weighted by Crippen LogP contribution is 2.15. The van der Waals surface area contributed by atoms with Gasteiger partial charge in [-0.3, -0.25) is 14.4 Å². The summed E-state index contributed by atoms with van der Waals surface area (Å²) in [6.07, 6.45) is 93.0. The van der Waals surface area contributed by atoms with E-state index in [2.05, 4.69) is 161 Å². The number of carbonyl (C=O) groups excluding carboxylic acids is 3. The molecule has 0 heterocycles. The molecule has 78 heavy (non-hydrogen) atoms. The lowest BCUT2D eigenvalue weighted by Crippen LogP contribution is -2.30. The first kappa shape index (κ1) is 73.3. The molecule has 0 aromatic rings. The molecule has 1 unspecified atom stereocenters. The number of allylic oxidation sites excluding steroid dienone is 24. The van der Waals surface area contributed by atoms with Gasteiger partial charge in [0, 0.05) is 19.3 Å². The molecule has 0 spiro atoms. The van der Waals surface area contributed by atoms with Gasteiger partial charge in [0.05, 0.1) is 0 Å². The van der Waals surface area contributed by atoms with Crippen LogP contribution in [-0.4, -0.2) is 37.2 Å². The maximum Gasteiger partial charge on any atom is 0.306 e. The summed E-state index contributed by atoms with van der Waals surface area (Å²) in [6.45, 7) is 6.32. The number of esters is 3. The smallest absolute Gasteiger partial charge is 0.306 e. The van der Waals surface area contributed by atoms with Crippen LogP contribution in [0.4, 0.5) is 0 Å². The summed E-state index contributed by atoms with van der Waals surface area (Å²) in [4.78, 5) is 38.2. The van der Waals surface area contributed by atoms with Crippen molar-refractivity contribution >= 4 is 17.9 Å². The van der Waals surface area contributed by atoms with Crippen molar-refractivity contribution in [1.82, 2.24) is 0 Å². The highest BCUT2D eigenvalue weighted by Gasteiger charge is 2.19. The molecule has 0 amide bonds. The summed E-state index contributed by atoms with van der Waals surface area (Å²) in [5, 5.41) is 0. The van der Waals surface area contributed by atoms with Crippen LogP contribution in [0.1, 0.15) is 271 Å². The van der Waals surface area contributed by atoms with E-state index in [0.29, 0.717) is 19.3 Å². The fourth-order valence-electron chi connectivity index (χ4n) is 8.37. The van der Waals surface area contributed by atoms with E-state index in [1.807, 2.05) is 6.08 Å². The van der Waals surface area contributed by atoms with Crippen molar-refractivity contribution < 1.29 is 28.6 Å². The van der Waals surface area contributed by atoms with E-state index in [9.17, 15) is 14.4 Å². The van der Waals surface area contributed by atoms with Gasteiger partial charge in [-0.2, -0.15) is 0 Å². The molecule has 0 aromatic carbocycles. The van der Waals surface area contributed by atoms with Crippen LogP contribution in [0.25, 0.3) is 0 Å².